The molecular formula is C28H28ClFN2O4S. The molecule has 2 aliphatic heterocycles. The quantitative estimate of drug-likeness (QED) is 0.384. The van der Waals surface area contributed by atoms with Gasteiger partial charge in [0.2, 0.25) is 5.91 Å². The molecule has 1 aromatic heterocycles. The van der Waals surface area contributed by atoms with Crippen molar-refractivity contribution in [3.05, 3.63) is 86.8 Å². The number of benzene rings is 2. The SMILES string of the molecule is O=C(c1cccc(Cl)c1)N(CC(=O)N1CCc2sccc2C1COc1ccc(F)cc1)CC1CCCO1. The molecule has 0 saturated carbocycles. The van der Waals surface area contributed by atoms with E-state index >= 15 is 0 Å². The normalized spacial score (nSPS) is 18.9. The van der Waals surface area contributed by atoms with Crippen LogP contribution in [-0.4, -0.2) is 60.6 Å². The zero-order valence-corrected chi connectivity index (χ0v) is 21.8. The van der Waals surface area contributed by atoms with E-state index in [9.17, 15) is 14.0 Å². The van der Waals surface area contributed by atoms with Crippen LogP contribution in [-0.2, 0) is 16.0 Å². The van der Waals surface area contributed by atoms with Crippen LogP contribution in [0.3, 0.4) is 0 Å². The van der Waals surface area contributed by atoms with Gasteiger partial charge in [-0.25, -0.2) is 4.39 Å². The van der Waals surface area contributed by atoms with Crippen LogP contribution < -0.4 is 4.74 Å². The summed E-state index contributed by atoms with van der Waals surface area (Å²) >= 11 is 7.81. The van der Waals surface area contributed by atoms with Gasteiger partial charge in [0.25, 0.3) is 5.91 Å². The molecule has 6 nitrogen and oxygen atoms in total. The lowest BCUT2D eigenvalue weighted by molar-refractivity contribution is -0.135. The van der Waals surface area contributed by atoms with Crippen LogP contribution in [0.15, 0.2) is 60.0 Å². The van der Waals surface area contributed by atoms with Crippen LogP contribution in [0.25, 0.3) is 0 Å². The predicted octanol–water partition coefficient (Wildman–Crippen LogP) is 5.37. The summed E-state index contributed by atoms with van der Waals surface area (Å²) in [5.41, 5.74) is 1.49. The summed E-state index contributed by atoms with van der Waals surface area (Å²) in [6, 6.07) is 14.3. The average Bonchev–Trinajstić information content (AvgIpc) is 3.59. The Balaban J connectivity index is 1.35. The van der Waals surface area contributed by atoms with Crippen molar-refractivity contribution in [2.75, 3.05) is 32.8 Å². The van der Waals surface area contributed by atoms with Gasteiger partial charge in [0.05, 0.1) is 12.1 Å². The second-order valence-corrected chi connectivity index (χ2v) is 10.7. The molecule has 37 heavy (non-hydrogen) atoms. The number of halogens is 2. The van der Waals surface area contributed by atoms with Crippen molar-refractivity contribution in [1.82, 2.24) is 9.80 Å². The van der Waals surface area contributed by atoms with Gasteiger partial charge in [0.15, 0.2) is 0 Å². The smallest absolute Gasteiger partial charge is 0.254 e. The van der Waals surface area contributed by atoms with Crippen LogP contribution in [0.2, 0.25) is 5.02 Å². The van der Waals surface area contributed by atoms with Gasteiger partial charge in [-0.1, -0.05) is 17.7 Å². The lowest BCUT2D eigenvalue weighted by atomic mass is 10.00. The number of hydrogen-bond donors (Lipinski definition) is 0. The minimum absolute atomic E-state index is 0.0717. The Morgan fingerprint density at radius 1 is 1.19 bits per heavy atom. The molecular weight excluding hydrogens is 515 g/mol. The number of nitrogens with zero attached hydrogens (tertiary/aromatic N) is 2. The topological polar surface area (TPSA) is 59.1 Å². The molecule has 194 valence electrons. The third-order valence-corrected chi connectivity index (χ3v) is 8.00. The van der Waals surface area contributed by atoms with Gasteiger partial charge in [-0.2, -0.15) is 0 Å². The van der Waals surface area contributed by atoms with E-state index in [0.717, 1.165) is 24.8 Å². The maximum atomic E-state index is 13.7. The molecule has 3 aromatic rings. The minimum atomic E-state index is -0.336. The van der Waals surface area contributed by atoms with E-state index in [-0.39, 0.29) is 42.9 Å². The highest BCUT2D eigenvalue weighted by atomic mass is 35.5. The van der Waals surface area contributed by atoms with Crippen molar-refractivity contribution in [1.29, 1.82) is 0 Å². The van der Waals surface area contributed by atoms with Crippen LogP contribution in [0.4, 0.5) is 4.39 Å². The van der Waals surface area contributed by atoms with E-state index in [1.54, 1.807) is 57.5 Å². The molecule has 9 heteroatoms. The molecule has 0 bridgehead atoms. The monoisotopic (exact) mass is 542 g/mol. The van der Waals surface area contributed by atoms with Crippen LogP contribution >= 0.6 is 22.9 Å². The molecule has 0 N–H and O–H groups in total. The van der Waals surface area contributed by atoms with Gasteiger partial charge >= 0.3 is 0 Å². The summed E-state index contributed by atoms with van der Waals surface area (Å²) in [6.45, 7) is 1.69. The molecule has 2 aliphatic rings. The van der Waals surface area contributed by atoms with Gasteiger partial charge in [-0.3, -0.25) is 9.59 Å². The van der Waals surface area contributed by atoms with Crippen molar-refractivity contribution in [2.45, 2.75) is 31.4 Å². The van der Waals surface area contributed by atoms with Crippen molar-refractivity contribution in [3.8, 4) is 5.75 Å². The minimum Gasteiger partial charge on any atom is -0.491 e. The highest BCUT2D eigenvalue weighted by molar-refractivity contribution is 7.10. The second kappa shape index (κ2) is 11.6. The van der Waals surface area contributed by atoms with Crippen molar-refractivity contribution in [2.24, 2.45) is 0 Å². The van der Waals surface area contributed by atoms with Gasteiger partial charge < -0.3 is 19.3 Å². The van der Waals surface area contributed by atoms with Gasteiger partial charge in [0, 0.05) is 35.2 Å². The summed E-state index contributed by atoms with van der Waals surface area (Å²) in [5, 5.41) is 2.49. The maximum Gasteiger partial charge on any atom is 0.254 e. The number of amides is 2. The Kier molecular flexibility index (Phi) is 8.08. The van der Waals surface area contributed by atoms with Crippen molar-refractivity contribution >= 4 is 34.8 Å². The number of carbonyl (C=O) groups excluding carboxylic acids is 2. The van der Waals surface area contributed by atoms with E-state index in [1.165, 1.54) is 17.0 Å². The van der Waals surface area contributed by atoms with E-state index in [4.69, 9.17) is 21.1 Å². The van der Waals surface area contributed by atoms with E-state index in [0.29, 0.717) is 36.0 Å². The van der Waals surface area contributed by atoms with Crippen LogP contribution in [0, 0.1) is 5.82 Å². The average molecular weight is 543 g/mol. The van der Waals surface area contributed by atoms with Gasteiger partial charge in [0.1, 0.15) is 24.7 Å². The summed E-state index contributed by atoms with van der Waals surface area (Å²) in [5.74, 6) is -0.207. The first-order chi connectivity index (χ1) is 18.0. The Hall–Kier alpha value is -2.94. The lowest BCUT2D eigenvalue weighted by Gasteiger charge is -2.37. The molecule has 2 aromatic carbocycles. The number of ether oxygens (including phenoxy) is 2. The summed E-state index contributed by atoms with van der Waals surface area (Å²) < 4.78 is 25.1. The number of thiophene rings is 1. The summed E-state index contributed by atoms with van der Waals surface area (Å²) in [4.78, 5) is 31.8. The predicted molar refractivity (Wildman–Crippen MR) is 141 cm³/mol. The zero-order chi connectivity index (χ0) is 25.8. The third kappa shape index (κ3) is 6.14. The number of hydrogen-bond acceptors (Lipinski definition) is 5. The Morgan fingerprint density at radius 3 is 2.78 bits per heavy atom. The maximum absolute atomic E-state index is 13.7. The van der Waals surface area contributed by atoms with E-state index in [2.05, 4.69) is 0 Å². The van der Waals surface area contributed by atoms with Crippen molar-refractivity contribution < 1.29 is 23.5 Å². The number of rotatable bonds is 8. The molecule has 1 saturated heterocycles. The molecule has 5 rings (SSSR count). The first kappa shape index (κ1) is 25.7. The highest BCUT2D eigenvalue weighted by Crippen LogP contribution is 2.34. The van der Waals surface area contributed by atoms with E-state index < -0.39 is 0 Å². The fourth-order valence-corrected chi connectivity index (χ4v) is 6.01. The fraction of sp³-hybridized carbons (Fsp3) is 0.357. The molecule has 2 amide bonds. The number of fused-ring (bicyclic) bond motifs is 1. The zero-order valence-electron chi connectivity index (χ0n) is 20.3. The first-order valence-electron chi connectivity index (χ1n) is 12.4. The first-order valence-corrected chi connectivity index (χ1v) is 13.6. The molecule has 0 aliphatic carbocycles. The molecule has 0 radical (unpaired) electrons. The van der Waals surface area contributed by atoms with Crippen molar-refractivity contribution in [3.63, 3.8) is 0 Å². The Bertz CT molecular complexity index is 1240. The highest BCUT2D eigenvalue weighted by Gasteiger charge is 2.34. The number of carbonyl (C=O) groups is 2. The molecule has 2 unspecified atom stereocenters. The molecule has 2 atom stereocenters. The molecule has 3 heterocycles. The largest absolute Gasteiger partial charge is 0.491 e. The molecule has 0 spiro atoms. The Morgan fingerprint density at radius 2 is 2.03 bits per heavy atom. The fourth-order valence-electron chi connectivity index (χ4n) is 4.89. The standard InChI is InChI=1S/C28H28ClFN2O4S/c29-20-4-1-3-19(15-20)28(34)31(16-23-5-2-13-35-23)17-27(33)32-12-10-26-24(11-14-37-26)25(32)18-36-22-8-6-21(30)7-9-22/h1,3-4,6-9,11,14-15,23,25H,2,5,10,12-13,16-18H2. The van der Waals surface area contributed by atoms with E-state index in [1.807, 2.05) is 11.4 Å². The summed E-state index contributed by atoms with van der Waals surface area (Å²) in [7, 11) is 0. The third-order valence-electron chi connectivity index (χ3n) is 6.77. The van der Waals surface area contributed by atoms with Gasteiger partial charge in [-0.05, 0) is 78.7 Å². The van der Waals surface area contributed by atoms with Crippen LogP contribution in [0.1, 0.15) is 39.7 Å². The van der Waals surface area contributed by atoms with Gasteiger partial charge in [-0.15, -0.1) is 11.3 Å². The second-order valence-electron chi connectivity index (χ2n) is 9.25. The molecule has 1 fully saturated rings. The lowest BCUT2D eigenvalue weighted by Crippen LogP contribution is -2.49. The Labute approximate surface area is 224 Å². The van der Waals surface area contributed by atoms with Crippen LogP contribution in [0.5, 0.6) is 5.75 Å². The summed E-state index contributed by atoms with van der Waals surface area (Å²) in [6.07, 6.45) is 2.44.